The molecule has 0 amide bonds. The highest BCUT2D eigenvalue weighted by Gasteiger charge is 2.11. The molecule has 0 saturated heterocycles. The minimum absolute atomic E-state index is 0.426. The molecule has 0 atom stereocenters. The molecule has 0 aliphatic heterocycles. The van der Waals surface area contributed by atoms with Gasteiger partial charge in [0.2, 0.25) is 0 Å². The maximum absolute atomic E-state index is 10.4. The van der Waals surface area contributed by atoms with Crippen molar-refractivity contribution in [1.82, 2.24) is 0 Å². The van der Waals surface area contributed by atoms with E-state index < -0.39 is 0 Å². The summed E-state index contributed by atoms with van der Waals surface area (Å²) in [7, 11) is 0. The number of aldehydes is 1. The Bertz CT molecular complexity index is 404. The van der Waals surface area contributed by atoms with E-state index in [1.54, 1.807) is 0 Å². The van der Waals surface area contributed by atoms with Gasteiger partial charge in [-0.3, -0.25) is 4.79 Å². The van der Waals surface area contributed by atoms with Crippen LogP contribution >= 0.6 is 0 Å². The minimum Gasteiger partial charge on any atom is -0.289 e. The van der Waals surface area contributed by atoms with Gasteiger partial charge in [-0.25, -0.2) is 0 Å². The van der Waals surface area contributed by atoms with E-state index >= 15 is 0 Å². The Labute approximate surface area is 97.9 Å². The van der Waals surface area contributed by atoms with Gasteiger partial charge in [0, 0.05) is 5.56 Å². The maximum Gasteiger partial charge on any atom is 0.193 e. The summed E-state index contributed by atoms with van der Waals surface area (Å²) < 4.78 is 0. The third-order valence-electron chi connectivity index (χ3n) is 2.63. The van der Waals surface area contributed by atoms with Crippen LogP contribution in [0.1, 0.15) is 56.2 Å². The fourth-order valence-electron chi connectivity index (χ4n) is 1.80. The molecule has 1 aromatic carbocycles. The maximum atomic E-state index is 10.4. The van der Waals surface area contributed by atoms with Crippen LogP contribution in [0.15, 0.2) is 18.2 Å². The highest BCUT2D eigenvalue weighted by atomic mass is 16.1. The Morgan fingerprint density at radius 2 is 1.56 bits per heavy atom. The lowest BCUT2D eigenvalue weighted by Crippen LogP contribution is -2.00. The normalized spacial score (nSPS) is 10.1. The number of carbonyl (C=O) groups excluding carboxylic acids is 1. The number of carbonyl (C=O) groups is 1. The molecule has 0 saturated carbocycles. The van der Waals surface area contributed by atoms with Crippen molar-refractivity contribution in [2.24, 2.45) is 0 Å². The Balaban J connectivity index is 3.40. The Morgan fingerprint density at radius 1 is 1.06 bits per heavy atom. The van der Waals surface area contributed by atoms with Gasteiger partial charge in [0.05, 0.1) is 0 Å². The third kappa shape index (κ3) is 2.73. The predicted molar refractivity (Wildman–Crippen MR) is 67.6 cm³/mol. The third-order valence-corrected chi connectivity index (χ3v) is 2.63. The predicted octanol–water partition coefficient (Wildman–Crippen LogP) is 3.48. The molecule has 1 heteroatoms. The van der Waals surface area contributed by atoms with Crippen molar-refractivity contribution >= 4 is 6.29 Å². The van der Waals surface area contributed by atoms with Crippen molar-refractivity contribution in [3.05, 3.63) is 34.9 Å². The molecule has 1 rings (SSSR count). The molecule has 1 aromatic rings. The molecule has 0 unspecified atom stereocenters. The zero-order valence-electron chi connectivity index (χ0n) is 10.4. The molecule has 1 nitrogen and oxygen atoms in total. The van der Waals surface area contributed by atoms with Crippen LogP contribution < -0.4 is 0 Å². The van der Waals surface area contributed by atoms with Crippen molar-refractivity contribution in [2.75, 3.05) is 0 Å². The minimum atomic E-state index is 0.426. The lowest BCUT2D eigenvalue weighted by Gasteiger charge is -2.15. The second kappa shape index (κ2) is 5.51. The zero-order chi connectivity index (χ0) is 12.1. The van der Waals surface area contributed by atoms with Crippen LogP contribution in [0.5, 0.6) is 0 Å². The molecular formula is C15H18O. The molecule has 0 spiro atoms. The second-order valence-electron chi connectivity index (χ2n) is 4.51. The molecule has 0 N–H and O–H groups in total. The van der Waals surface area contributed by atoms with Gasteiger partial charge >= 0.3 is 0 Å². The highest BCUT2D eigenvalue weighted by molar-refractivity contribution is 5.74. The molecule has 0 aliphatic rings. The summed E-state index contributed by atoms with van der Waals surface area (Å²) in [6.07, 6.45) is 0.654. The van der Waals surface area contributed by atoms with Gasteiger partial charge < -0.3 is 0 Å². The average molecular weight is 214 g/mol. The summed E-state index contributed by atoms with van der Waals surface area (Å²) in [5, 5.41) is 0. The standard InChI is InChI=1S/C15H18O/c1-11(2)13-7-5-8-14(12(3)4)15(13)9-6-10-16/h5,7-8,10-12H,1-4H3. The topological polar surface area (TPSA) is 17.1 Å². The largest absolute Gasteiger partial charge is 0.289 e. The van der Waals surface area contributed by atoms with Gasteiger partial charge in [-0.1, -0.05) is 51.8 Å². The summed E-state index contributed by atoms with van der Waals surface area (Å²) in [5.74, 6) is 6.35. The fourth-order valence-corrected chi connectivity index (χ4v) is 1.80. The molecule has 0 heterocycles. The fraction of sp³-hybridized carbons (Fsp3) is 0.400. The molecule has 0 fully saturated rings. The molecule has 0 radical (unpaired) electrons. The summed E-state index contributed by atoms with van der Waals surface area (Å²) in [5.41, 5.74) is 3.47. The average Bonchev–Trinajstić information content (AvgIpc) is 2.25. The van der Waals surface area contributed by atoms with E-state index in [4.69, 9.17) is 0 Å². The Kier molecular flexibility index (Phi) is 4.31. The van der Waals surface area contributed by atoms with Crippen LogP contribution in [-0.4, -0.2) is 6.29 Å². The zero-order valence-corrected chi connectivity index (χ0v) is 10.4. The monoisotopic (exact) mass is 214 g/mol. The first-order valence-electron chi connectivity index (χ1n) is 5.66. The first-order valence-corrected chi connectivity index (χ1v) is 5.66. The van der Waals surface area contributed by atoms with Crippen LogP contribution in [-0.2, 0) is 4.79 Å². The van der Waals surface area contributed by atoms with Crippen LogP contribution in [0.3, 0.4) is 0 Å². The van der Waals surface area contributed by atoms with Crippen molar-refractivity contribution in [3.63, 3.8) is 0 Å². The highest BCUT2D eigenvalue weighted by Crippen LogP contribution is 2.26. The summed E-state index contributed by atoms with van der Waals surface area (Å²) >= 11 is 0. The Hall–Kier alpha value is -1.55. The Morgan fingerprint density at radius 3 is 1.94 bits per heavy atom. The van der Waals surface area contributed by atoms with E-state index in [1.165, 1.54) is 11.1 Å². The van der Waals surface area contributed by atoms with E-state index in [-0.39, 0.29) is 0 Å². The van der Waals surface area contributed by atoms with Crippen LogP contribution in [0.2, 0.25) is 0 Å². The summed E-state index contributed by atoms with van der Waals surface area (Å²) in [6.45, 7) is 8.58. The van der Waals surface area contributed by atoms with Crippen LogP contribution in [0.4, 0.5) is 0 Å². The lowest BCUT2D eigenvalue weighted by atomic mass is 9.89. The number of hydrogen-bond acceptors (Lipinski definition) is 1. The van der Waals surface area contributed by atoms with Gasteiger partial charge in [-0.2, -0.15) is 0 Å². The van der Waals surface area contributed by atoms with E-state index in [2.05, 4.69) is 57.7 Å². The van der Waals surface area contributed by atoms with E-state index in [0.29, 0.717) is 18.1 Å². The summed E-state index contributed by atoms with van der Waals surface area (Å²) in [6, 6.07) is 6.24. The van der Waals surface area contributed by atoms with Gasteiger partial charge in [0.1, 0.15) is 0 Å². The van der Waals surface area contributed by atoms with Crippen molar-refractivity contribution in [2.45, 2.75) is 39.5 Å². The molecule has 0 aliphatic carbocycles. The lowest BCUT2D eigenvalue weighted by molar-refractivity contribution is -0.103. The van der Waals surface area contributed by atoms with E-state index in [0.717, 1.165) is 5.56 Å². The van der Waals surface area contributed by atoms with E-state index in [9.17, 15) is 4.79 Å². The molecular weight excluding hydrogens is 196 g/mol. The number of rotatable bonds is 2. The second-order valence-corrected chi connectivity index (χ2v) is 4.51. The molecule has 16 heavy (non-hydrogen) atoms. The van der Waals surface area contributed by atoms with Crippen LogP contribution in [0.25, 0.3) is 0 Å². The number of hydrogen-bond donors (Lipinski definition) is 0. The first-order chi connectivity index (χ1) is 7.57. The molecule has 0 aromatic heterocycles. The van der Waals surface area contributed by atoms with Crippen molar-refractivity contribution in [1.29, 1.82) is 0 Å². The van der Waals surface area contributed by atoms with E-state index in [1.807, 2.05) is 0 Å². The molecule has 0 bridgehead atoms. The summed E-state index contributed by atoms with van der Waals surface area (Å²) in [4.78, 5) is 10.4. The van der Waals surface area contributed by atoms with Gasteiger partial charge in [0.15, 0.2) is 6.29 Å². The SMILES string of the molecule is CC(C)c1cccc(C(C)C)c1C#CC=O. The van der Waals surface area contributed by atoms with Gasteiger partial charge in [-0.15, -0.1) is 0 Å². The van der Waals surface area contributed by atoms with Gasteiger partial charge in [-0.05, 0) is 28.9 Å². The van der Waals surface area contributed by atoms with Crippen molar-refractivity contribution < 1.29 is 4.79 Å². The van der Waals surface area contributed by atoms with Crippen LogP contribution in [0, 0.1) is 11.8 Å². The molecule has 84 valence electrons. The first kappa shape index (κ1) is 12.5. The quantitative estimate of drug-likeness (QED) is 0.544. The van der Waals surface area contributed by atoms with Gasteiger partial charge in [0.25, 0.3) is 0 Å². The van der Waals surface area contributed by atoms with Crippen molar-refractivity contribution in [3.8, 4) is 11.8 Å². The number of benzene rings is 1. The smallest absolute Gasteiger partial charge is 0.193 e.